The molecule has 0 saturated carbocycles. The van der Waals surface area contributed by atoms with E-state index in [1.54, 1.807) is 0 Å². The molecular formula is C12H18N4O4. The molecule has 1 aromatic rings. The van der Waals surface area contributed by atoms with E-state index in [0.717, 1.165) is 0 Å². The van der Waals surface area contributed by atoms with Crippen molar-refractivity contribution < 1.29 is 19.4 Å². The molecule has 5 N–H and O–H groups in total. The maximum Gasteiger partial charge on any atom is 0.326 e. The molecule has 110 valence electrons. The van der Waals surface area contributed by atoms with Crippen LogP contribution >= 0.6 is 0 Å². The van der Waals surface area contributed by atoms with Gasteiger partial charge in [0.25, 0.3) is 0 Å². The number of imidazole rings is 1. The topological polar surface area (TPSA) is 130 Å². The van der Waals surface area contributed by atoms with Crippen LogP contribution in [-0.2, 0) is 20.7 Å². The van der Waals surface area contributed by atoms with Crippen LogP contribution in [0.1, 0.15) is 18.5 Å². The Balaban J connectivity index is 1.91. The number of aliphatic carboxylic acids is 1. The Hall–Kier alpha value is -1.93. The highest BCUT2D eigenvalue weighted by Gasteiger charge is 2.32. The van der Waals surface area contributed by atoms with E-state index in [9.17, 15) is 9.59 Å². The second-order valence-corrected chi connectivity index (χ2v) is 4.74. The van der Waals surface area contributed by atoms with Gasteiger partial charge in [-0.25, -0.2) is 9.78 Å². The standard InChI is InChI=1S/C12H18N4O4/c13-4-8-1-2-10(20-8)11(17)16-9(12(18)19)3-7-5-14-6-15-7/h5-6,8-10H,1-4,13H2,(H,14,15)(H,16,17)(H,18,19)/t8?,9-,10?/m1/s1. The van der Waals surface area contributed by atoms with Gasteiger partial charge in [0.2, 0.25) is 5.91 Å². The first-order chi connectivity index (χ1) is 9.60. The van der Waals surface area contributed by atoms with Gasteiger partial charge >= 0.3 is 5.97 Å². The zero-order valence-corrected chi connectivity index (χ0v) is 10.9. The SMILES string of the molecule is NCC1CCC(C(=O)N[C@H](Cc2cnc[nH]2)C(=O)O)O1. The van der Waals surface area contributed by atoms with Crippen LogP contribution in [0.4, 0.5) is 0 Å². The Labute approximate surface area is 115 Å². The first-order valence-electron chi connectivity index (χ1n) is 6.46. The van der Waals surface area contributed by atoms with Gasteiger partial charge in [-0.15, -0.1) is 0 Å². The van der Waals surface area contributed by atoms with Crippen LogP contribution < -0.4 is 11.1 Å². The number of nitrogens with one attached hydrogen (secondary N) is 2. The van der Waals surface area contributed by atoms with Gasteiger partial charge in [0.05, 0.1) is 12.4 Å². The predicted octanol–water partition coefficient (Wildman–Crippen LogP) is -0.972. The molecule has 1 amide bonds. The van der Waals surface area contributed by atoms with E-state index in [4.69, 9.17) is 15.6 Å². The molecule has 3 atom stereocenters. The Morgan fingerprint density at radius 2 is 2.40 bits per heavy atom. The van der Waals surface area contributed by atoms with Crippen molar-refractivity contribution in [3.63, 3.8) is 0 Å². The fourth-order valence-electron chi connectivity index (χ4n) is 2.15. The summed E-state index contributed by atoms with van der Waals surface area (Å²) in [6.07, 6.45) is 3.67. The second-order valence-electron chi connectivity index (χ2n) is 4.74. The highest BCUT2D eigenvalue weighted by molar-refractivity contribution is 5.86. The number of carboxylic acid groups (broad SMARTS) is 1. The maximum absolute atomic E-state index is 12.0. The quantitative estimate of drug-likeness (QED) is 0.531. The van der Waals surface area contributed by atoms with E-state index < -0.39 is 24.0 Å². The number of carboxylic acids is 1. The lowest BCUT2D eigenvalue weighted by Crippen LogP contribution is -2.46. The number of ether oxygens (including phenoxy) is 1. The van der Waals surface area contributed by atoms with Crippen LogP contribution in [-0.4, -0.2) is 51.7 Å². The summed E-state index contributed by atoms with van der Waals surface area (Å²) >= 11 is 0. The Morgan fingerprint density at radius 1 is 1.60 bits per heavy atom. The Morgan fingerprint density at radius 3 is 2.95 bits per heavy atom. The van der Waals surface area contributed by atoms with Crippen molar-refractivity contribution in [3.8, 4) is 0 Å². The number of aromatic amines is 1. The van der Waals surface area contributed by atoms with Gasteiger partial charge in [-0.3, -0.25) is 4.79 Å². The number of rotatable bonds is 6. The van der Waals surface area contributed by atoms with E-state index in [2.05, 4.69) is 15.3 Å². The molecule has 0 aliphatic carbocycles. The fraction of sp³-hybridized carbons (Fsp3) is 0.583. The van der Waals surface area contributed by atoms with Gasteiger partial charge in [-0.2, -0.15) is 0 Å². The molecule has 8 nitrogen and oxygen atoms in total. The second kappa shape index (κ2) is 6.49. The van der Waals surface area contributed by atoms with Crippen molar-refractivity contribution >= 4 is 11.9 Å². The first-order valence-corrected chi connectivity index (χ1v) is 6.46. The van der Waals surface area contributed by atoms with Crippen LogP contribution in [0, 0.1) is 0 Å². The number of aromatic nitrogens is 2. The minimum absolute atomic E-state index is 0.123. The third-order valence-corrected chi connectivity index (χ3v) is 3.26. The van der Waals surface area contributed by atoms with Crippen LogP contribution in [0.3, 0.4) is 0 Å². The molecule has 0 radical (unpaired) electrons. The van der Waals surface area contributed by atoms with Gasteiger partial charge in [0.1, 0.15) is 12.1 Å². The number of carbonyl (C=O) groups excluding carboxylic acids is 1. The van der Waals surface area contributed by atoms with Gasteiger partial charge in [-0.05, 0) is 12.8 Å². The number of hydrogen-bond donors (Lipinski definition) is 4. The van der Waals surface area contributed by atoms with Crippen molar-refractivity contribution in [1.29, 1.82) is 0 Å². The molecule has 0 bridgehead atoms. The number of nitrogens with zero attached hydrogens (tertiary/aromatic N) is 1. The third-order valence-electron chi connectivity index (χ3n) is 3.26. The number of nitrogens with two attached hydrogens (primary N) is 1. The van der Waals surface area contributed by atoms with Crippen molar-refractivity contribution in [2.75, 3.05) is 6.54 Å². The summed E-state index contributed by atoms with van der Waals surface area (Å²) in [4.78, 5) is 29.8. The number of hydrogen-bond acceptors (Lipinski definition) is 5. The summed E-state index contributed by atoms with van der Waals surface area (Å²) in [6, 6.07) is -1.01. The van der Waals surface area contributed by atoms with Crippen molar-refractivity contribution in [2.24, 2.45) is 5.73 Å². The summed E-state index contributed by atoms with van der Waals surface area (Å²) in [5, 5.41) is 11.6. The van der Waals surface area contributed by atoms with Crippen molar-refractivity contribution in [1.82, 2.24) is 15.3 Å². The zero-order chi connectivity index (χ0) is 14.5. The summed E-state index contributed by atoms with van der Waals surface area (Å²) in [7, 11) is 0. The molecule has 1 aliphatic rings. The lowest BCUT2D eigenvalue weighted by Gasteiger charge is -2.17. The zero-order valence-electron chi connectivity index (χ0n) is 10.9. The van der Waals surface area contributed by atoms with Gasteiger partial charge in [0.15, 0.2) is 0 Å². The monoisotopic (exact) mass is 282 g/mol. The highest BCUT2D eigenvalue weighted by atomic mass is 16.5. The van der Waals surface area contributed by atoms with E-state index in [0.29, 0.717) is 25.1 Å². The molecular weight excluding hydrogens is 264 g/mol. The van der Waals surface area contributed by atoms with Crippen LogP contribution in [0.2, 0.25) is 0 Å². The minimum atomic E-state index is -1.10. The molecule has 2 rings (SSSR count). The minimum Gasteiger partial charge on any atom is -0.480 e. The van der Waals surface area contributed by atoms with Crippen LogP contribution in [0.15, 0.2) is 12.5 Å². The fourth-order valence-corrected chi connectivity index (χ4v) is 2.15. The molecule has 20 heavy (non-hydrogen) atoms. The van der Waals surface area contributed by atoms with E-state index in [1.807, 2.05) is 0 Å². The molecule has 0 spiro atoms. The average Bonchev–Trinajstić information content (AvgIpc) is 3.08. The molecule has 2 heterocycles. The van der Waals surface area contributed by atoms with Gasteiger partial charge in [0, 0.05) is 24.9 Å². The smallest absolute Gasteiger partial charge is 0.326 e. The molecule has 2 unspecified atom stereocenters. The number of H-pyrrole nitrogens is 1. The van der Waals surface area contributed by atoms with E-state index in [-0.39, 0.29) is 12.5 Å². The Kier molecular flexibility index (Phi) is 4.70. The van der Waals surface area contributed by atoms with Crippen molar-refractivity contribution in [2.45, 2.75) is 37.5 Å². The molecule has 1 aromatic heterocycles. The normalized spacial score (nSPS) is 23.4. The average molecular weight is 282 g/mol. The van der Waals surface area contributed by atoms with Crippen molar-refractivity contribution in [3.05, 3.63) is 18.2 Å². The maximum atomic E-state index is 12.0. The molecule has 0 aromatic carbocycles. The van der Waals surface area contributed by atoms with E-state index >= 15 is 0 Å². The Bertz CT molecular complexity index is 462. The molecule has 1 saturated heterocycles. The molecule has 1 aliphatic heterocycles. The third kappa shape index (κ3) is 3.55. The van der Waals surface area contributed by atoms with Crippen LogP contribution in [0.25, 0.3) is 0 Å². The summed E-state index contributed by atoms with van der Waals surface area (Å²) in [5.41, 5.74) is 6.12. The molecule has 8 heteroatoms. The van der Waals surface area contributed by atoms with Crippen LogP contribution in [0.5, 0.6) is 0 Å². The lowest BCUT2D eigenvalue weighted by atomic mass is 10.1. The lowest BCUT2D eigenvalue weighted by molar-refractivity contribution is -0.144. The van der Waals surface area contributed by atoms with Gasteiger partial charge < -0.3 is 25.9 Å². The largest absolute Gasteiger partial charge is 0.480 e. The summed E-state index contributed by atoms with van der Waals surface area (Å²) in [6.45, 7) is 0.361. The summed E-state index contributed by atoms with van der Waals surface area (Å²) in [5.74, 6) is -1.51. The van der Waals surface area contributed by atoms with E-state index in [1.165, 1.54) is 12.5 Å². The highest BCUT2D eigenvalue weighted by Crippen LogP contribution is 2.19. The van der Waals surface area contributed by atoms with Gasteiger partial charge in [-0.1, -0.05) is 0 Å². The summed E-state index contributed by atoms with van der Waals surface area (Å²) < 4.78 is 5.44. The first kappa shape index (κ1) is 14.5. The number of amides is 1. The predicted molar refractivity (Wildman–Crippen MR) is 68.8 cm³/mol. The number of carbonyl (C=O) groups is 2. The molecule has 1 fully saturated rings.